The number of halogens is 1. The van der Waals surface area contributed by atoms with Gasteiger partial charge < -0.3 is 19.5 Å². The van der Waals surface area contributed by atoms with Crippen molar-refractivity contribution in [3.63, 3.8) is 0 Å². The van der Waals surface area contributed by atoms with Crippen LogP contribution in [-0.4, -0.2) is 27.2 Å². The van der Waals surface area contributed by atoms with Gasteiger partial charge >= 0.3 is 0 Å². The van der Waals surface area contributed by atoms with E-state index in [4.69, 9.17) is 25.8 Å². The van der Waals surface area contributed by atoms with Crippen LogP contribution in [0.15, 0.2) is 35.9 Å². The molecule has 27 heavy (non-hydrogen) atoms. The third-order valence-electron chi connectivity index (χ3n) is 3.79. The number of nitrogens with zero attached hydrogens (tertiary/aromatic N) is 1. The largest absolute Gasteiger partial charge is 0.493 e. The number of benzene rings is 2. The Bertz CT molecular complexity index is 907. The van der Waals surface area contributed by atoms with E-state index in [0.717, 1.165) is 5.56 Å². The summed E-state index contributed by atoms with van der Waals surface area (Å²) in [6.45, 7) is 1.86. The number of amides is 1. The van der Waals surface area contributed by atoms with E-state index in [1.807, 2.05) is 13.0 Å². The van der Waals surface area contributed by atoms with Gasteiger partial charge in [0.2, 0.25) is 5.75 Å². The molecule has 0 spiro atoms. The fourth-order valence-electron chi connectivity index (χ4n) is 2.37. The maximum atomic E-state index is 12.4. The Morgan fingerprint density at radius 3 is 2.22 bits per heavy atom. The number of anilines is 1. The normalized spacial score (nSPS) is 10.7. The molecule has 0 atom stereocenters. The van der Waals surface area contributed by atoms with Crippen molar-refractivity contribution in [2.24, 2.45) is 0 Å². The highest BCUT2D eigenvalue weighted by atomic mass is 35.5. The number of hydrogen-bond acceptors (Lipinski definition) is 5. The average molecular weight is 387 g/mol. The van der Waals surface area contributed by atoms with Gasteiger partial charge in [0.1, 0.15) is 11.6 Å². The molecule has 0 saturated heterocycles. The molecule has 2 aromatic rings. The first-order chi connectivity index (χ1) is 12.9. The van der Waals surface area contributed by atoms with Gasteiger partial charge in [-0.15, -0.1) is 0 Å². The van der Waals surface area contributed by atoms with Crippen LogP contribution in [0.4, 0.5) is 5.69 Å². The molecule has 0 bridgehead atoms. The lowest BCUT2D eigenvalue weighted by Gasteiger charge is -2.13. The highest BCUT2D eigenvalue weighted by molar-refractivity contribution is 6.31. The number of hydrogen-bond donors (Lipinski definition) is 1. The Morgan fingerprint density at radius 1 is 1.11 bits per heavy atom. The van der Waals surface area contributed by atoms with Gasteiger partial charge in [0.15, 0.2) is 11.5 Å². The topological polar surface area (TPSA) is 80.6 Å². The predicted molar refractivity (Wildman–Crippen MR) is 105 cm³/mol. The second kappa shape index (κ2) is 8.97. The summed E-state index contributed by atoms with van der Waals surface area (Å²) in [7, 11) is 4.48. The van der Waals surface area contributed by atoms with Crippen LogP contribution in [0, 0.1) is 18.3 Å². The lowest BCUT2D eigenvalue weighted by atomic mass is 10.1. The molecule has 0 radical (unpaired) electrons. The summed E-state index contributed by atoms with van der Waals surface area (Å²) in [5.41, 5.74) is 1.86. The molecule has 2 aromatic carbocycles. The Morgan fingerprint density at radius 2 is 1.74 bits per heavy atom. The monoisotopic (exact) mass is 386 g/mol. The number of nitriles is 1. The van der Waals surface area contributed by atoms with Crippen LogP contribution in [0.25, 0.3) is 6.08 Å². The van der Waals surface area contributed by atoms with Crippen LogP contribution < -0.4 is 19.5 Å². The molecule has 0 fully saturated rings. The molecule has 1 N–H and O–H groups in total. The van der Waals surface area contributed by atoms with E-state index in [0.29, 0.717) is 33.5 Å². The van der Waals surface area contributed by atoms with Gasteiger partial charge in [-0.05, 0) is 48.4 Å². The van der Waals surface area contributed by atoms with Crippen molar-refractivity contribution in [3.05, 3.63) is 52.1 Å². The van der Waals surface area contributed by atoms with Crippen molar-refractivity contribution >= 4 is 29.3 Å². The van der Waals surface area contributed by atoms with E-state index in [9.17, 15) is 10.1 Å². The predicted octanol–water partition coefficient (Wildman–Crippen LogP) is 4.22. The van der Waals surface area contributed by atoms with Crippen molar-refractivity contribution in [3.8, 4) is 23.3 Å². The highest BCUT2D eigenvalue weighted by Crippen LogP contribution is 2.38. The molecule has 0 heterocycles. The molecule has 0 aliphatic rings. The number of aryl methyl sites for hydroxylation is 1. The summed E-state index contributed by atoms with van der Waals surface area (Å²) in [5, 5.41) is 12.6. The first-order valence-electron chi connectivity index (χ1n) is 7.92. The van der Waals surface area contributed by atoms with Gasteiger partial charge in [-0.1, -0.05) is 17.7 Å². The van der Waals surface area contributed by atoms with E-state index >= 15 is 0 Å². The molecule has 0 unspecified atom stereocenters. The minimum atomic E-state index is -0.550. The summed E-state index contributed by atoms with van der Waals surface area (Å²) in [6.07, 6.45) is 1.44. The van der Waals surface area contributed by atoms with Gasteiger partial charge in [0, 0.05) is 10.7 Å². The van der Waals surface area contributed by atoms with Crippen LogP contribution in [0.1, 0.15) is 11.1 Å². The molecule has 0 aliphatic carbocycles. The number of nitrogens with one attached hydrogen (secondary N) is 1. The van der Waals surface area contributed by atoms with Crippen molar-refractivity contribution in [1.29, 1.82) is 5.26 Å². The van der Waals surface area contributed by atoms with Crippen molar-refractivity contribution in [2.45, 2.75) is 6.92 Å². The van der Waals surface area contributed by atoms with Crippen LogP contribution in [-0.2, 0) is 4.79 Å². The highest BCUT2D eigenvalue weighted by Gasteiger charge is 2.15. The summed E-state index contributed by atoms with van der Waals surface area (Å²) < 4.78 is 15.8. The Kier molecular flexibility index (Phi) is 6.69. The summed E-state index contributed by atoms with van der Waals surface area (Å²) in [4.78, 5) is 12.4. The Hall–Kier alpha value is -3.17. The zero-order valence-electron chi connectivity index (χ0n) is 15.4. The van der Waals surface area contributed by atoms with E-state index in [1.54, 1.807) is 30.3 Å². The van der Waals surface area contributed by atoms with E-state index < -0.39 is 5.91 Å². The minimum Gasteiger partial charge on any atom is -0.493 e. The van der Waals surface area contributed by atoms with Crippen molar-refractivity contribution < 1.29 is 19.0 Å². The maximum Gasteiger partial charge on any atom is 0.266 e. The van der Waals surface area contributed by atoms with E-state index in [-0.39, 0.29) is 5.57 Å². The van der Waals surface area contributed by atoms with E-state index in [2.05, 4.69) is 5.32 Å². The average Bonchev–Trinajstić information content (AvgIpc) is 2.67. The molecule has 0 aromatic heterocycles. The second-order valence-electron chi connectivity index (χ2n) is 5.55. The zero-order valence-corrected chi connectivity index (χ0v) is 16.2. The Balaban J connectivity index is 2.35. The first kappa shape index (κ1) is 20.1. The molecule has 2 rings (SSSR count). The molecule has 0 saturated carbocycles. The number of rotatable bonds is 6. The third kappa shape index (κ3) is 4.72. The Labute approximate surface area is 162 Å². The zero-order chi connectivity index (χ0) is 20.0. The fourth-order valence-corrected chi connectivity index (χ4v) is 2.55. The molecule has 0 aliphatic heterocycles. The number of methoxy groups -OCH3 is 3. The van der Waals surface area contributed by atoms with Gasteiger partial charge in [-0.2, -0.15) is 5.26 Å². The summed E-state index contributed by atoms with van der Waals surface area (Å²) in [6, 6.07) is 10.3. The van der Waals surface area contributed by atoms with Gasteiger partial charge in [-0.3, -0.25) is 4.79 Å². The second-order valence-corrected chi connectivity index (χ2v) is 5.95. The van der Waals surface area contributed by atoms with Crippen LogP contribution >= 0.6 is 11.6 Å². The van der Waals surface area contributed by atoms with Gasteiger partial charge in [0.25, 0.3) is 5.91 Å². The SMILES string of the molecule is COc1cc(/C=C(\C#N)C(=O)Nc2ccc(C)c(Cl)c2)cc(OC)c1OC. The molecule has 6 nitrogen and oxygen atoms in total. The third-order valence-corrected chi connectivity index (χ3v) is 4.20. The quantitative estimate of drug-likeness (QED) is 0.593. The van der Waals surface area contributed by atoms with E-state index in [1.165, 1.54) is 27.4 Å². The van der Waals surface area contributed by atoms with Crippen LogP contribution in [0.5, 0.6) is 17.2 Å². The van der Waals surface area contributed by atoms with Crippen LogP contribution in [0.3, 0.4) is 0 Å². The molecule has 1 amide bonds. The fraction of sp³-hybridized carbons (Fsp3) is 0.200. The smallest absolute Gasteiger partial charge is 0.266 e. The standard InChI is InChI=1S/C20H19ClN2O4/c1-12-5-6-15(10-16(12)21)23-20(24)14(11-22)7-13-8-17(25-2)19(27-4)18(9-13)26-3/h5-10H,1-4H3,(H,23,24)/b14-7+. The molecule has 140 valence electrons. The molecular weight excluding hydrogens is 368 g/mol. The molecular formula is C20H19ClN2O4. The number of ether oxygens (including phenoxy) is 3. The van der Waals surface area contributed by atoms with Gasteiger partial charge in [-0.25, -0.2) is 0 Å². The number of carbonyl (C=O) groups excluding carboxylic acids is 1. The van der Waals surface area contributed by atoms with Crippen LogP contribution in [0.2, 0.25) is 5.02 Å². The number of carbonyl (C=O) groups is 1. The van der Waals surface area contributed by atoms with Crippen molar-refractivity contribution in [2.75, 3.05) is 26.6 Å². The van der Waals surface area contributed by atoms with Crippen molar-refractivity contribution in [1.82, 2.24) is 0 Å². The summed E-state index contributed by atoms with van der Waals surface area (Å²) >= 11 is 6.07. The lowest BCUT2D eigenvalue weighted by molar-refractivity contribution is -0.112. The minimum absolute atomic E-state index is 0.0824. The van der Waals surface area contributed by atoms with Gasteiger partial charge in [0.05, 0.1) is 21.3 Å². The lowest BCUT2D eigenvalue weighted by Crippen LogP contribution is -2.13. The summed E-state index contributed by atoms with van der Waals surface area (Å²) in [5.74, 6) is 0.720. The molecule has 7 heteroatoms. The first-order valence-corrected chi connectivity index (χ1v) is 8.30. The maximum absolute atomic E-state index is 12.4.